The number of nitrogens with zero attached hydrogens (tertiary/aromatic N) is 1. The minimum absolute atomic E-state index is 0.461. The molecule has 0 spiro atoms. The molecule has 0 bridgehead atoms. The van der Waals surface area contributed by atoms with E-state index in [1.54, 1.807) is 0 Å². The van der Waals surface area contributed by atoms with E-state index < -0.39 is 11.8 Å². The number of hydrogen-bond acceptors (Lipinski definition) is 0. The topological polar surface area (TPSA) is 3.88 Å². The van der Waals surface area contributed by atoms with Gasteiger partial charge < -0.3 is 0 Å². The molecule has 0 amide bonds. The van der Waals surface area contributed by atoms with Crippen LogP contribution in [0.2, 0.25) is 0 Å². The third kappa shape index (κ3) is 5.43. The van der Waals surface area contributed by atoms with Crippen LogP contribution in [0.1, 0.15) is 103 Å². The molecule has 1 aromatic heterocycles. The smallest absolute Gasteiger partial charge is 0.201 e. The van der Waals surface area contributed by atoms with Crippen molar-refractivity contribution in [1.82, 2.24) is 0 Å². The molecule has 6 rings (SSSR count). The normalized spacial score (nSPS) is 23.4. The summed E-state index contributed by atoms with van der Waals surface area (Å²) in [7, 11) is 2.09. The van der Waals surface area contributed by atoms with E-state index in [1.807, 2.05) is 13.8 Å². The Hall–Kier alpha value is -2.93. The van der Waals surface area contributed by atoms with Gasteiger partial charge in [-0.2, -0.15) is 0 Å². The molecule has 3 aromatic carbocycles. The van der Waals surface area contributed by atoms with Gasteiger partial charge in [0.05, 0.1) is 0 Å². The lowest BCUT2D eigenvalue weighted by Crippen LogP contribution is -2.32. The van der Waals surface area contributed by atoms with Crippen LogP contribution in [0.15, 0.2) is 72.9 Å². The molecule has 2 aliphatic carbocycles. The Balaban J connectivity index is 1.32. The van der Waals surface area contributed by atoms with E-state index >= 15 is 0 Å². The molecule has 1 nitrogen and oxygen atoms in total. The van der Waals surface area contributed by atoms with Crippen LogP contribution in [0.4, 0.5) is 0 Å². The fourth-order valence-corrected chi connectivity index (χ4v) is 7.40. The van der Waals surface area contributed by atoms with Gasteiger partial charge in [-0.1, -0.05) is 94.5 Å². The Morgan fingerprint density at radius 2 is 1.46 bits per heavy atom. The SMILES string of the molecule is [2H]C(C)(C)c1c[n+](C)c(-c2ccccc2C)cc1-c1ccc2cc(C3([2H])CCC(C4CCCCC4)CC3)ccc2c1. The van der Waals surface area contributed by atoms with Gasteiger partial charge in [-0.3, -0.25) is 0 Å². The van der Waals surface area contributed by atoms with Crippen LogP contribution in [0.3, 0.4) is 0 Å². The molecular weight excluding hydrogens is 470 g/mol. The summed E-state index contributed by atoms with van der Waals surface area (Å²) in [5.41, 5.74) is 8.08. The first-order valence-corrected chi connectivity index (χ1v) is 15.3. The molecule has 0 atom stereocenters. The highest BCUT2D eigenvalue weighted by Crippen LogP contribution is 2.43. The van der Waals surface area contributed by atoms with Crippen LogP contribution in [-0.4, -0.2) is 0 Å². The Kier molecular flexibility index (Phi) is 6.92. The molecule has 202 valence electrons. The summed E-state index contributed by atoms with van der Waals surface area (Å²) in [5.74, 6) is 0.555. The van der Waals surface area contributed by atoms with Crippen LogP contribution < -0.4 is 4.57 Å². The number of aryl methyl sites for hydroxylation is 2. The molecular formula is C38H46N+. The first-order chi connectivity index (χ1) is 19.6. The highest BCUT2D eigenvalue weighted by Gasteiger charge is 2.29. The Bertz CT molecular complexity index is 1550. The summed E-state index contributed by atoms with van der Waals surface area (Å²) in [6, 6.07) is 24.3. The Labute approximate surface area is 239 Å². The van der Waals surface area contributed by atoms with Gasteiger partial charge in [0.15, 0.2) is 6.20 Å². The maximum absolute atomic E-state index is 9.43. The van der Waals surface area contributed by atoms with Crippen molar-refractivity contribution in [3.63, 3.8) is 0 Å². The predicted octanol–water partition coefficient (Wildman–Crippen LogP) is 10.3. The fourth-order valence-electron chi connectivity index (χ4n) is 7.40. The highest BCUT2D eigenvalue weighted by atomic mass is 14.9. The number of aromatic nitrogens is 1. The largest absolute Gasteiger partial charge is 0.213 e. The molecule has 1 heteroatoms. The zero-order valence-corrected chi connectivity index (χ0v) is 24.4. The molecule has 2 saturated carbocycles. The second kappa shape index (κ2) is 11.3. The summed E-state index contributed by atoms with van der Waals surface area (Å²) in [4.78, 5) is 0. The molecule has 39 heavy (non-hydrogen) atoms. The third-order valence-corrected chi connectivity index (χ3v) is 9.74. The quantitative estimate of drug-likeness (QED) is 0.231. The molecule has 0 aliphatic heterocycles. The van der Waals surface area contributed by atoms with Gasteiger partial charge in [-0.15, -0.1) is 0 Å². The van der Waals surface area contributed by atoms with Gasteiger partial charge in [0, 0.05) is 19.9 Å². The number of pyridine rings is 1. The summed E-state index contributed by atoms with van der Waals surface area (Å²) in [6.45, 7) is 6.11. The number of hydrogen-bond donors (Lipinski definition) is 0. The lowest BCUT2D eigenvalue weighted by Gasteiger charge is -2.36. The second-order valence-electron chi connectivity index (χ2n) is 12.5. The van der Waals surface area contributed by atoms with Crippen molar-refractivity contribution in [2.75, 3.05) is 0 Å². The molecule has 2 aliphatic rings. The average molecular weight is 519 g/mol. The Morgan fingerprint density at radius 3 is 2.21 bits per heavy atom. The average Bonchev–Trinajstić information content (AvgIpc) is 2.97. The highest BCUT2D eigenvalue weighted by molar-refractivity contribution is 5.89. The van der Waals surface area contributed by atoms with Crippen molar-refractivity contribution < 1.29 is 7.31 Å². The van der Waals surface area contributed by atoms with E-state index in [2.05, 4.69) is 91.5 Å². The van der Waals surface area contributed by atoms with E-state index in [9.17, 15) is 1.37 Å². The molecule has 1 heterocycles. The minimum Gasteiger partial charge on any atom is -0.201 e. The van der Waals surface area contributed by atoms with Gasteiger partial charge in [0.1, 0.15) is 7.05 Å². The summed E-state index contributed by atoms with van der Waals surface area (Å²) >= 11 is 0. The second-order valence-corrected chi connectivity index (χ2v) is 12.5. The fraction of sp³-hybridized carbons (Fsp3) is 0.447. The number of fused-ring (bicyclic) bond motifs is 1. The van der Waals surface area contributed by atoms with Crippen molar-refractivity contribution >= 4 is 10.8 Å². The van der Waals surface area contributed by atoms with Gasteiger partial charge in [0.2, 0.25) is 5.69 Å². The van der Waals surface area contributed by atoms with Gasteiger partial charge >= 0.3 is 0 Å². The van der Waals surface area contributed by atoms with Crippen LogP contribution in [0.25, 0.3) is 33.2 Å². The number of rotatable bonds is 5. The Morgan fingerprint density at radius 1 is 0.769 bits per heavy atom. The van der Waals surface area contributed by atoms with Crippen molar-refractivity contribution in [3.05, 3.63) is 89.6 Å². The van der Waals surface area contributed by atoms with E-state index in [0.717, 1.165) is 47.1 Å². The van der Waals surface area contributed by atoms with Crippen molar-refractivity contribution in [2.45, 2.75) is 90.3 Å². The van der Waals surface area contributed by atoms with E-state index in [0.29, 0.717) is 0 Å². The molecule has 0 N–H and O–H groups in total. The van der Waals surface area contributed by atoms with Crippen LogP contribution in [-0.2, 0) is 7.05 Å². The molecule has 0 saturated heterocycles. The van der Waals surface area contributed by atoms with E-state index in [-0.39, 0.29) is 0 Å². The first kappa shape index (κ1) is 23.9. The van der Waals surface area contributed by atoms with Gasteiger partial charge in [0.25, 0.3) is 0 Å². The summed E-state index contributed by atoms with van der Waals surface area (Å²) in [5, 5.41) is 2.41. The lowest BCUT2D eigenvalue weighted by molar-refractivity contribution is -0.660. The summed E-state index contributed by atoms with van der Waals surface area (Å²) in [6.07, 6.45) is 13.6. The molecule has 4 aromatic rings. The lowest BCUT2D eigenvalue weighted by atomic mass is 9.70. The van der Waals surface area contributed by atoms with E-state index in [1.165, 1.54) is 72.4 Å². The zero-order valence-electron chi connectivity index (χ0n) is 26.4. The van der Waals surface area contributed by atoms with Crippen LogP contribution in [0.5, 0.6) is 0 Å². The molecule has 2 fully saturated rings. The van der Waals surface area contributed by atoms with Crippen molar-refractivity contribution in [3.8, 4) is 22.4 Å². The van der Waals surface area contributed by atoms with Crippen LogP contribution in [0, 0.1) is 18.8 Å². The zero-order chi connectivity index (χ0) is 28.8. The molecule has 0 unspecified atom stereocenters. The summed E-state index contributed by atoms with van der Waals surface area (Å²) < 4.78 is 20.6. The molecule has 0 radical (unpaired) electrons. The van der Waals surface area contributed by atoms with Crippen LogP contribution >= 0.6 is 0 Å². The standard InChI is InChI=1S/C38H46N/c1-26(2)37-25-39(4)38(35-13-9-8-10-27(35)3)24-36(37)34-21-20-32-22-31(18-19-33(32)23-34)30-16-14-29(15-17-30)28-11-6-5-7-12-28/h8-10,13,18-26,28-30H,5-7,11-12,14-17H2,1-4H3/q+1/i26D,30D. The minimum atomic E-state index is -0.732. The monoisotopic (exact) mass is 518 g/mol. The van der Waals surface area contributed by atoms with Gasteiger partial charge in [-0.05, 0) is 101 Å². The third-order valence-electron chi connectivity index (χ3n) is 9.74. The van der Waals surface area contributed by atoms with Crippen molar-refractivity contribution in [2.24, 2.45) is 18.9 Å². The maximum atomic E-state index is 9.43. The maximum Gasteiger partial charge on any atom is 0.213 e. The number of benzene rings is 3. The first-order valence-electron chi connectivity index (χ1n) is 16.3. The predicted molar refractivity (Wildman–Crippen MR) is 166 cm³/mol. The van der Waals surface area contributed by atoms with E-state index in [4.69, 9.17) is 1.37 Å². The van der Waals surface area contributed by atoms with Gasteiger partial charge in [-0.25, -0.2) is 4.57 Å². The van der Waals surface area contributed by atoms with Crippen molar-refractivity contribution in [1.29, 1.82) is 0 Å².